The maximum atomic E-state index is 13.0. The Morgan fingerprint density at radius 2 is 1.97 bits per heavy atom. The Kier molecular flexibility index (Phi) is 7.59. The predicted octanol–water partition coefficient (Wildman–Crippen LogP) is 6.11. The van der Waals surface area contributed by atoms with E-state index in [9.17, 15) is 14.7 Å². The number of anilines is 1. The van der Waals surface area contributed by atoms with E-state index < -0.39 is 11.9 Å². The lowest BCUT2D eigenvalue weighted by atomic mass is 9.69. The van der Waals surface area contributed by atoms with Gasteiger partial charge in [-0.3, -0.25) is 9.59 Å². The standard InChI is InChI=1S/C28H35N3O4/c1-4-19-10-17(15-29)5-8-23(19)30-24(32)13-21(14-25(33)34)27-26(20-6-7-20)28(35-31-27)22-11-18(12-22)9-16(2)3/h5,8,10,16,18,20-22H,4,6-7,9,11-14H2,1-3H3,(H,30,32)(H,33,34). The fraction of sp³-hybridized carbons (Fsp3) is 0.571. The zero-order valence-electron chi connectivity index (χ0n) is 20.8. The first-order chi connectivity index (χ1) is 16.8. The lowest BCUT2D eigenvalue weighted by molar-refractivity contribution is -0.137. The number of carbonyl (C=O) groups is 2. The number of carboxylic acids is 1. The van der Waals surface area contributed by atoms with Gasteiger partial charge in [0.25, 0.3) is 0 Å². The van der Waals surface area contributed by atoms with Crippen molar-refractivity contribution in [1.82, 2.24) is 5.16 Å². The molecule has 0 aliphatic heterocycles. The molecule has 1 unspecified atom stereocenters. The van der Waals surface area contributed by atoms with Gasteiger partial charge in [-0.2, -0.15) is 5.26 Å². The molecule has 1 aromatic carbocycles. The van der Waals surface area contributed by atoms with Gasteiger partial charge in [0.2, 0.25) is 5.91 Å². The minimum Gasteiger partial charge on any atom is -0.481 e. The van der Waals surface area contributed by atoms with Crippen LogP contribution in [0.3, 0.4) is 0 Å². The number of aromatic nitrogens is 1. The number of aryl methyl sites for hydroxylation is 1. The second-order valence-electron chi connectivity index (χ2n) is 10.7. The topological polar surface area (TPSA) is 116 Å². The normalized spacial score (nSPS) is 20.2. The van der Waals surface area contributed by atoms with Crippen LogP contribution in [0.2, 0.25) is 0 Å². The van der Waals surface area contributed by atoms with E-state index in [1.807, 2.05) is 6.92 Å². The molecule has 7 nitrogen and oxygen atoms in total. The van der Waals surface area contributed by atoms with Gasteiger partial charge in [-0.05, 0) is 80.0 Å². The minimum absolute atomic E-state index is 0.0157. The average Bonchev–Trinajstić information content (AvgIpc) is 3.53. The second-order valence-corrected chi connectivity index (χ2v) is 10.7. The Hall–Kier alpha value is -3.14. The predicted molar refractivity (Wildman–Crippen MR) is 132 cm³/mol. The van der Waals surface area contributed by atoms with Gasteiger partial charge in [0.05, 0.1) is 23.7 Å². The maximum absolute atomic E-state index is 13.0. The summed E-state index contributed by atoms with van der Waals surface area (Å²) in [6.45, 7) is 6.46. The van der Waals surface area contributed by atoms with Gasteiger partial charge in [0.1, 0.15) is 5.76 Å². The molecule has 1 atom stereocenters. The van der Waals surface area contributed by atoms with E-state index >= 15 is 0 Å². The monoisotopic (exact) mass is 477 g/mol. The number of hydrogen-bond donors (Lipinski definition) is 2. The SMILES string of the molecule is CCc1cc(C#N)ccc1NC(=O)CC(CC(=O)O)c1noc(C2CC(CC(C)C)C2)c1C1CC1. The summed E-state index contributed by atoms with van der Waals surface area (Å²) in [6, 6.07) is 7.29. The van der Waals surface area contributed by atoms with E-state index in [0.29, 0.717) is 47.0 Å². The Labute approximate surface area is 206 Å². The quantitative estimate of drug-likeness (QED) is 0.403. The summed E-state index contributed by atoms with van der Waals surface area (Å²) in [5.41, 5.74) is 3.79. The maximum Gasteiger partial charge on any atom is 0.304 e. The van der Waals surface area contributed by atoms with E-state index in [4.69, 9.17) is 9.78 Å². The molecule has 0 saturated heterocycles. The van der Waals surface area contributed by atoms with Gasteiger partial charge >= 0.3 is 5.97 Å². The number of benzene rings is 1. The molecule has 4 rings (SSSR count). The molecule has 1 heterocycles. The number of nitrogens with one attached hydrogen (secondary N) is 1. The van der Waals surface area contributed by atoms with Gasteiger partial charge in [0.15, 0.2) is 0 Å². The summed E-state index contributed by atoms with van der Waals surface area (Å²) in [5.74, 6) is 1.26. The van der Waals surface area contributed by atoms with E-state index in [-0.39, 0.29) is 18.7 Å². The molecule has 7 heteroatoms. The van der Waals surface area contributed by atoms with Crippen molar-refractivity contribution >= 4 is 17.6 Å². The molecule has 0 spiro atoms. The van der Waals surface area contributed by atoms with Crippen molar-refractivity contribution in [2.45, 2.75) is 89.9 Å². The van der Waals surface area contributed by atoms with Crippen LogP contribution in [-0.2, 0) is 16.0 Å². The third-order valence-electron chi connectivity index (χ3n) is 7.31. The molecule has 186 valence electrons. The molecule has 2 saturated carbocycles. The molecule has 1 amide bonds. The molecule has 2 aliphatic carbocycles. The molecule has 35 heavy (non-hydrogen) atoms. The van der Waals surface area contributed by atoms with Crippen molar-refractivity contribution in [2.75, 3.05) is 5.32 Å². The highest BCUT2D eigenvalue weighted by Gasteiger charge is 2.42. The first-order valence-electron chi connectivity index (χ1n) is 12.8. The van der Waals surface area contributed by atoms with Crippen molar-refractivity contribution in [2.24, 2.45) is 11.8 Å². The number of hydrogen-bond acceptors (Lipinski definition) is 5. The van der Waals surface area contributed by atoms with Gasteiger partial charge in [-0.1, -0.05) is 25.9 Å². The molecule has 2 N–H and O–H groups in total. The first-order valence-corrected chi connectivity index (χ1v) is 12.8. The van der Waals surface area contributed by atoms with Gasteiger partial charge in [-0.25, -0.2) is 0 Å². The molecular formula is C28H35N3O4. The van der Waals surface area contributed by atoms with Gasteiger partial charge in [0, 0.05) is 29.5 Å². The van der Waals surface area contributed by atoms with E-state index in [1.54, 1.807) is 18.2 Å². The van der Waals surface area contributed by atoms with Gasteiger partial charge in [-0.15, -0.1) is 0 Å². The smallest absolute Gasteiger partial charge is 0.304 e. The van der Waals surface area contributed by atoms with Crippen molar-refractivity contribution < 1.29 is 19.2 Å². The number of carbonyl (C=O) groups excluding carboxylic acids is 1. The first kappa shape index (κ1) is 25.0. The lowest BCUT2D eigenvalue weighted by Crippen LogP contribution is -2.24. The third kappa shape index (κ3) is 5.93. The fourth-order valence-electron chi connectivity index (χ4n) is 5.48. The molecule has 0 radical (unpaired) electrons. The summed E-state index contributed by atoms with van der Waals surface area (Å²) in [7, 11) is 0. The fourth-order valence-corrected chi connectivity index (χ4v) is 5.48. The van der Waals surface area contributed by atoms with E-state index in [1.165, 1.54) is 6.42 Å². The summed E-state index contributed by atoms with van der Waals surface area (Å²) in [4.78, 5) is 24.7. The van der Waals surface area contributed by atoms with Crippen LogP contribution in [0.4, 0.5) is 5.69 Å². The van der Waals surface area contributed by atoms with Crippen molar-refractivity contribution in [3.05, 3.63) is 46.3 Å². The Balaban J connectivity index is 1.52. The van der Waals surface area contributed by atoms with E-state index in [2.05, 4.69) is 30.4 Å². The summed E-state index contributed by atoms with van der Waals surface area (Å²) in [6.07, 6.45) is 6.02. The molecular weight excluding hydrogens is 442 g/mol. The van der Waals surface area contributed by atoms with Crippen molar-refractivity contribution in [3.63, 3.8) is 0 Å². The molecule has 0 bridgehead atoms. The van der Waals surface area contributed by atoms with Crippen LogP contribution in [0.5, 0.6) is 0 Å². The van der Waals surface area contributed by atoms with E-state index in [0.717, 1.165) is 42.6 Å². The number of amides is 1. The lowest BCUT2D eigenvalue weighted by Gasteiger charge is -2.35. The third-order valence-corrected chi connectivity index (χ3v) is 7.31. The Morgan fingerprint density at radius 1 is 1.23 bits per heavy atom. The van der Waals surface area contributed by atoms with Crippen LogP contribution in [0, 0.1) is 23.2 Å². The van der Waals surface area contributed by atoms with Gasteiger partial charge < -0.3 is 14.9 Å². The highest BCUT2D eigenvalue weighted by atomic mass is 16.5. The Morgan fingerprint density at radius 3 is 2.57 bits per heavy atom. The summed E-state index contributed by atoms with van der Waals surface area (Å²) < 4.78 is 5.87. The number of nitriles is 1. The van der Waals surface area contributed by atoms with Crippen LogP contribution < -0.4 is 5.32 Å². The number of carboxylic acid groups (broad SMARTS) is 1. The average molecular weight is 478 g/mol. The summed E-state index contributed by atoms with van der Waals surface area (Å²) in [5, 5.41) is 26.1. The van der Waals surface area contributed by atoms with Crippen LogP contribution >= 0.6 is 0 Å². The molecule has 2 aromatic rings. The van der Waals surface area contributed by atoms with Crippen molar-refractivity contribution in [1.29, 1.82) is 5.26 Å². The minimum atomic E-state index is -0.956. The highest BCUT2D eigenvalue weighted by molar-refractivity contribution is 5.92. The Bertz CT molecular complexity index is 1120. The number of rotatable bonds is 11. The largest absolute Gasteiger partial charge is 0.481 e. The summed E-state index contributed by atoms with van der Waals surface area (Å²) >= 11 is 0. The molecule has 2 aliphatic rings. The highest BCUT2D eigenvalue weighted by Crippen LogP contribution is 2.52. The zero-order chi connectivity index (χ0) is 25.1. The van der Waals surface area contributed by atoms with Crippen LogP contribution in [0.1, 0.15) is 112 Å². The second kappa shape index (κ2) is 10.6. The molecule has 2 fully saturated rings. The van der Waals surface area contributed by atoms with Crippen LogP contribution in [-0.4, -0.2) is 22.1 Å². The van der Waals surface area contributed by atoms with Crippen molar-refractivity contribution in [3.8, 4) is 6.07 Å². The number of nitrogens with zero attached hydrogens (tertiary/aromatic N) is 2. The van der Waals surface area contributed by atoms with Crippen LogP contribution in [0.25, 0.3) is 0 Å². The van der Waals surface area contributed by atoms with Crippen LogP contribution in [0.15, 0.2) is 22.7 Å². The number of aliphatic carboxylic acids is 1. The molecule has 1 aromatic heterocycles. The zero-order valence-corrected chi connectivity index (χ0v) is 20.8.